The Kier molecular flexibility index (Phi) is 4.35. The molecule has 1 N–H and O–H groups in total. The molecule has 6 heteroatoms. The molecule has 2 atom stereocenters. The molecular weight excluding hydrogens is 275 g/mol. The maximum Gasteiger partial charge on any atom is 0.243 e. The lowest BCUT2D eigenvalue weighted by Gasteiger charge is -2.22. The highest BCUT2D eigenvalue weighted by Crippen LogP contribution is 2.21. The number of carbonyl (C=O) groups excluding carboxylic acids is 3. The molecule has 1 heterocycles. The highest BCUT2D eigenvalue weighted by atomic mass is 19.1. The zero-order valence-electron chi connectivity index (χ0n) is 11.9. The van der Waals surface area contributed by atoms with E-state index in [0.717, 1.165) is 10.5 Å². The van der Waals surface area contributed by atoms with Gasteiger partial charge in [0.05, 0.1) is 0 Å². The van der Waals surface area contributed by atoms with Crippen LogP contribution in [0.25, 0.3) is 0 Å². The number of hydrogen-bond acceptors (Lipinski definition) is 3. The molecule has 1 aliphatic heterocycles. The van der Waals surface area contributed by atoms with Crippen LogP contribution < -0.4 is 5.32 Å². The number of nitrogens with one attached hydrogen (secondary N) is 1. The third-order valence-electron chi connectivity index (χ3n) is 3.56. The van der Waals surface area contributed by atoms with Crippen molar-refractivity contribution in [2.75, 3.05) is 0 Å². The summed E-state index contributed by atoms with van der Waals surface area (Å²) in [6.07, 6.45) is 0.147. The SMILES string of the molecule is CC1CC(=O)N(C(C)C(=O)NCc2ccc(F)cc2)C1=O. The first-order valence-electron chi connectivity index (χ1n) is 6.78. The van der Waals surface area contributed by atoms with Gasteiger partial charge in [0, 0.05) is 18.9 Å². The molecule has 2 unspecified atom stereocenters. The van der Waals surface area contributed by atoms with Gasteiger partial charge in [-0.3, -0.25) is 19.3 Å². The van der Waals surface area contributed by atoms with Crippen LogP contribution in [0.5, 0.6) is 0 Å². The average Bonchev–Trinajstić information content (AvgIpc) is 2.70. The summed E-state index contributed by atoms with van der Waals surface area (Å²) in [5.74, 6) is -1.76. The van der Waals surface area contributed by atoms with Crippen molar-refractivity contribution < 1.29 is 18.8 Å². The lowest BCUT2D eigenvalue weighted by atomic mass is 10.1. The van der Waals surface area contributed by atoms with Gasteiger partial charge in [0.25, 0.3) is 0 Å². The molecule has 0 bridgehead atoms. The molecular formula is C15H17FN2O3. The molecule has 21 heavy (non-hydrogen) atoms. The minimum atomic E-state index is -0.838. The number of nitrogens with zero attached hydrogens (tertiary/aromatic N) is 1. The normalized spacial score (nSPS) is 19.8. The Hall–Kier alpha value is -2.24. The summed E-state index contributed by atoms with van der Waals surface area (Å²) in [5.41, 5.74) is 0.740. The van der Waals surface area contributed by atoms with E-state index in [1.807, 2.05) is 0 Å². The molecule has 1 aliphatic rings. The zero-order valence-corrected chi connectivity index (χ0v) is 11.9. The van der Waals surface area contributed by atoms with Crippen LogP contribution in [0.15, 0.2) is 24.3 Å². The molecule has 0 aromatic heterocycles. The number of rotatable bonds is 4. The predicted octanol–water partition coefficient (Wildman–Crippen LogP) is 1.23. The predicted molar refractivity (Wildman–Crippen MR) is 73.3 cm³/mol. The van der Waals surface area contributed by atoms with Crippen LogP contribution >= 0.6 is 0 Å². The average molecular weight is 292 g/mol. The van der Waals surface area contributed by atoms with Gasteiger partial charge in [0.2, 0.25) is 17.7 Å². The summed E-state index contributed by atoms with van der Waals surface area (Å²) < 4.78 is 12.8. The van der Waals surface area contributed by atoms with Gasteiger partial charge in [-0.15, -0.1) is 0 Å². The summed E-state index contributed by atoms with van der Waals surface area (Å²) in [7, 11) is 0. The second-order valence-corrected chi connectivity index (χ2v) is 5.23. The molecule has 0 aliphatic carbocycles. The molecule has 1 aromatic carbocycles. The second kappa shape index (κ2) is 6.03. The lowest BCUT2D eigenvalue weighted by Crippen LogP contribution is -2.47. The third-order valence-corrected chi connectivity index (χ3v) is 3.56. The molecule has 1 aromatic rings. The van der Waals surface area contributed by atoms with Gasteiger partial charge in [0.15, 0.2) is 0 Å². The van der Waals surface area contributed by atoms with Crippen molar-refractivity contribution in [3.63, 3.8) is 0 Å². The summed E-state index contributed by atoms with van der Waals surface area (Å²) in [6, 6.07) is 4.90. The number of hydrogen-bond donors (Lipinski definition) is 1. The van der Waals surface area contributed by atoms with Crippen molar-refractivity contribution in [2.45, 2.75) is 32.9 Å². The molecule has 2 rings (SSSR count). The van der Waals surface area contributed by atoms with E-state index in [1.165, 1.54) is 19.1 Å². The molecule has 0 radical (unpaired) electrons. The summed E-state index contributed by atoms with van der Waals surface area (Å²) in [4.78, 5) is 36.6. The molecule has 5 nitrogen and oxygen atoms in total. The number of amides is 3. The first kappa shape index (κ1) is 15.2. The van der Waals surface area contributed by atoms with Crippen molar-refractivity contribution in [1.29, 1.82) is 0 Å². The Bertz CT molecular complexity index is 571. The number of imide groups is 1. The first-order valence-corrected chi connectivity index (χ1v) is 6.78. The molecule has 1 fully saturated rings. The van der Waals surface area contributed by atoms with E-state index in [-0.39, 0.29) is 36.5 Å². The van der Waals surface area contributed by atoms with Crippen molar-refractivity contribution in [3.05, 3.63) is 35.6 Å². The van der Waals surface area contributed by atoms with Gasteiger partial charge >= 0.3 is 0 Å². The fraction of sp³-hybridized carbons (Fsp3) is 0.400. The van der Waals surface area contributed by atoms with Gasteiger partial charge < -0.3 is 5.32 Å². The zero-order chi connectivity index (χ0) is 15.6. The Balaban J connectivity index is 1.95. The third kappa shape index (κ3) is 3.26. The Morgan fingerprint density at radius 3 is 2.52 bits per heavy atom. The van der Waals surface area contributed by atoms with Crippen molar-refractivity contribution >= 4 is 17.7 Å². The summed E-state index contributed by atoms with van der Waals surface area (Å²) >= 11 is 0. The topological polar surface area (TPSA) is 66.5 Å². The first-order chi connectivity index (χ1) is 9.90. The number of carbonyl (C=O) groups is 3. The van der Waals surface area contributed by atoms with Crippen LogP contribution in [0, 0.1) is 11.7 Å². The molecule has 0 spiro atoms. The van der Waals surface area contributed by atoms with Gasteiger partial charge in [-0.1, -0.05) is 19.1 Å². The summed E-state index contributed by atoms with van der Waals surface area (Å²) in [6.45, 7) is 3.41. The van der Waals surface area contributed by atoms with E-state index in [9.17, 15) is 18.8 Å². The fourth-order valence-electron chi connectivity index (χ4n) is 2.27. The highest BCUT2D eigenvalue weighted by Gasteiger charge is 2.40. The fourth-order valence-corrected chi connectivity index (χ4v) is 2.27. The highest BCUT2D eigenvalue weighted by molar-refractivity contribution is 6.06. The largest absolute Gasteiger partial charge is 0.350 e. The van der Waals surface area contributed by atoms with Crippen LogP contribution in [-0.4, -0.2) is 28.7 Å². The van der Waals surface area contributed by atoms with Crippen LogP contribution in [0.2, 0.25) is 0 Å². The standard InChI is InChI=1S/C15H17FN2O3/c1-9-7-13(19)18(15(9)21)10(2)14(20)17-8-11-3-5-12(16)6-4-11/h3-6,9-10H,7-8H2,1-2H3,(H,17,20). The van der Waals surface area contributed by atoms with Gasteiger partial charge in [0.1, 0.15) is 11.9 Å². The van der Waals surface area contributed by atoms with Crippen LogP contribution in [0.4, 0.5) is 4.39 Å². The van der Waals surface area contributed by atoms with Crippen molar-refractivity contribution in [1.82, 2.24) is 10.2 Å². The number of benzene rings is 1. The number of likely N-dealkylation sites (tertiary alicyclic amines) is 1. The lowest BCUT2D eigenvalue weighted by molar-refractivity contribution is -0.146. The van der Waals surface area contributed by atoms with E-state index in [0.29, 0.717) is 0 Å². The maximum absolute atomic E-state index is 12.8. The Morgan fingerprint density at radius 1 is 1.38 bits per heavy atom. The maximum atomic E-state index is 12.8. The van der Waals surface area contributed by atoms with Crippen LogP contribution in [-0.2, 0) is 20.9 Å². The monoisotopic (exact) mass is 292 g/mol. The summed E-state index contributed by atoms with van der Waals surface area (Å²) in [5, 5.41) is 2.64. The molecule has 1 saturated heterocycles. The van der Waals surface area contributed by atoms with E-state index < -0.39 is 11.9 Å². The van der Waals surface area contributed by atoms with E-state index in [1.54, 1.807) is 19.1 Å². The Labute approximate surface area is 122 Å². The van der Waals surface area contributed by atoms with Crippen molar-refractivity contribution in [2.24, 2.45) is 5.92 Å². The smallest absolute Gasteiger partial charge is 0.243 e. The minimum absolute atomic E-state index is 0.147. The van der Waals surface area contributed by atoms with Crippen LogP contribution in [0.1, 0.15) is 25.8 Å². The molecule has 3 amide bonds. The van der Waals surface area contributed by atoms with Gasteiger partial charge in [-0.05, 0) is 24.6 Å². The van der Waals surface area contributed by atoms with E-state index in [2.05, 4.69) is 5.32 Å². The quantitative estimate of drug-likeness (QED) is 0.849. The molecule has 112 valence electrons. The van der Waals surface area contributed by atoms with Gasteiger partial charge in [-0.25, -0.2) is 4.39 Å². The Morgan fingerprint density at radius 2 is 2.00 bits per heavy atom. The number of halogens is 1. The van der Waals surface area contributed by atoms with Crippen molar-refractivity contribution in [3.8, 4) is 0 Å². The second-order valence-electron chi connectivity index (χ2n) is 5.23. The minimum Gasteiger partial charge on any atom is -0.350 e. The van der Waals surface area contributed by atoms with Gasteiger partial charge in [-0.2, -0.15) is 0 Å². The molecule has 0 saturated carbocycles. The van der Waals surface area contributed by atoms with Crippen LogP contribution in [0.3, 0.4) is 0 Å². The van der Waals surface area contributed by atoms with E-state index >= 15 is 0 Å². The van der Waals surface area contributed by atoms with E-state index in [4.69, 9.17) is 0 Å².